The number of aliphatic hydroxyl groups excluding tert-OH is 1. The van der Waals surface area contributed by atoms with Gasteiger partial charge in [-0.25, -0.2) is 0 Å². The summed E-state index contributed by atoms with van der Waals surface area (Å²) in [6.07, 6.45) is 3.15. The molecule has 1 saturated carbocycles. The van der Waals surface area contributed by atoms with Gasteiger partial charge in [-0.3, -0.25) is 4.79 Å². The van der Waals surface area contributed by atoms with Crippen molar-refractivity contribution in [1.29, 1.82) is 0 Å². The molecule has 0 aromatic carbocycles. The SMILES string of the molecule is NCCCC(=O)N1CC2CCC(O)C2C1. The summed E-state index contributed by atoms with van der Waals surface area (Å²) in [5.41, 5.74) is 5.38. The summed E-state index contributed by atoms with van der Waals surface area (Å²) in [6.45, 7) is 2.19. The number of amides is 1. The molecule has 3 unspecified atom stereocenters. The third-order valence-electron chi connectivity index (χ3n) is 3.77. The van der Waals surface area contributed by atoms with Crippen molar-refractivity contribution < 1.29 is 9.90 Å². The third-order valence-corrected chi connectivity index (χ3v) is 3.77. The maximum Gasteiger partial charge on any atom is 0.222 e. The molecular weight excluding hydrogens is 192 g/mol. The van der Waals surface area contributed by atoms with Gasteiger partial charge in [-0.05, 0) is 31.7 Å². The molecule has 2 aliphatic rings. The van der Waals surface area contributed by atoms with Crippen LogP contribution in [-0.2, 0) is 4.79 Å². The normalized spacial score (nSPS) is 34.5. The second-order valence-corrected chi connectivity index (χ2v) is 4.76. The smallest absolute Gasteiger partial charge is 0.222 e. The topological polar surface area (TPSA) is 66.6 Å². The van der Waals surface area contributed by atoms with Crippen molar-refractivity contribution in [3.05, 3.63) is 0 Å². The van der Waals surface area contributed by atoms with Gasteiger partial charge in [-0.2, -0.15) is 0 Å². The Morgan fingerprint density at radius 3 is 2.87 bits per heavy atom. The molecule has 2 fully saturated rings. The van der Waals surface area contributed by atoms with E-state index in [2.05, 4.69) is 0 Å². The lowest BCUT2D eigenvalue weighted by Crippen LogP contribution is -2.31. The van der Waals surface area contributed by atoms with E-state index < -0.39 is 0 Å². The first-order valence-corrected chi connectivity index (χ1v) is 5.88. The largest absolute Gasteiger partial charge is 0.393 e. The van der Waals surface area contributed by atoms with E-state index in [4.69, 9.17) is 5.73 Å². The average Bonchev–Trinajstić information content (AvgIpc) is 2.78. The van der Waals surface area contributed by atoms with Crippen LogP contribution in [0.25, 0.3) is 0 Å². The van der Waals surface area contributed by atoms with Crippen molar-refractivity contribution in [1.82, 2.24) is 4.90 Å². The first-order valence-electron chi connectivity index (χ1n) is 5.88. The van der Waals surface area contributed by atoms with Gasteiger partial charge in [0.2, 0.25) is 5.91 Å². The number of likely N-dealkylation sites (tertiary alicyclic amines) is 1. The van der Waals surface area contributed by atoms with Crippen molar-refractivity contribution >= 4 is 5.91 Å². The highest BCUT2D eigenvalue weighted by atomic mass is 16.3. The van der Waals surface area contributed by atoms with Crippen LogP contribution in [0.4, 0.5) is 0 Å². The van der Waals surface area contributed by atoms with Gasteiger partial charge in [0.25, 0.3) is 0 Å². The summed E-state index contributed by atoms with van der Waals surface area (Å²) in [4.78, 5) is 13.6. The Balaban J connectivity index is 1.85. The standard InChI is InChI=1S/C11H20N2O2/c12-5-1-2-11(15)13-6-8-3-4-10(14)9(8)7-13/h8-10,14H,1-7,12H2. The number of carbonyl (C=O) groups excluding carboxylic acids is 1. The molecule has 1 amide bonds. The fraction of sp³-hybridized carbons (Fsp3) is 0.909. The number of hydrogen-bond acceptors (Lipinski definition) is 3. The van der Waals surface area contributed by atoms with E-state index in [9.17, 15) is 9.90 Å². The Morgan fingerprint density at radius 1 is 1.40 bits per heavy atom. The van der Waals surface area contributed by atoms with Crippen LogP contribution in [0.1, 0.15) is 25.7 Å². The second kappa shape index (κ2) is 4.49. The predicted molar refractivity (Wildman–Crippen MR) is 57.1 cm³/mol. The molecule has 1 aliphatic heterocycles. The summed E-state index contributed by atoms with van der Waals surface area (Å²) in [5, 5.41) is 9.72. The Kier molecular flexibility index (Phi) is 3.26. The highest BCUT2D eigenvalue weighted by Crippen LogP contribution is 2.38. The number of aliphatic hydroxyl groups is 1. The van der Waals surface area contributed by atoms with Crippen molar-refractivity contribution in [3.63, 3.8) is 0 Å². The molecule has 3 N–H and O–H groups in total. The summed E-state index contributed by atoms with van der Waals surface area (Å²) >= 11 is 0. The van der Waals surface area contributed by atoms with Gasteiger partial charge >= 0.3 is 0 Å². The zero-order valence-electron chi connectivity index (χ0n) is 9.06. The summed E-state index contributed by atoms with van der Waals surface area (Å²) < 4.78 is 0. The molecular formula is C11H20N2O2. The molecule has 4 nitrogen and oxygen atoms in total. The zero-order chi connectivity index (χ0) is 10.8. The lowest BCUT2D eigenvalue weighted by atomic mass is 10.00. The maximum absolute atomic E-state index is 11.7. The molecule has 2 rings (SSSR count). The molecule has 0 radical (unpaired) electrons. The molecule has 0 bridgehead atoms. The van der Waals surface area contributed by atoms with Crippen LogP contribution in [0.3, 0.4) is 0 Å². The van der Waals surface area contributed by atoms with Gasteiger partial charge < -0.3 is 15.7 Å². The minimum atomic E-state index is -0.178. The highest BCUT2D eigenvalue weighted by Gasteiger charge is 2.42. The van der Waals surface area contributed by atoms with Crippen LogP contribution >= 0.6 is 0 Å². The molecule has 0 spiro atoms. The number of nitrogens with two attached hydrogens (primary N) is 1. The van der Waals surface area contributed by atoms with E-state index in [0.717, 1.165) is 32.4 Å². The second-order valence-electron chi connectivity index (χ2n) is 4.76. The summed E-state index contributed by atoms with van der Waals surface area (Å²) in [6, 6.07) is 0. The van der Waals surface area contributed by atoms with E-state index in [1.807, 2.05) is 4.90 Å². The van der Waals surface area contributed by atoms with Gasteiger partial charge in [-0.1, -0.05) is 0 Å². The predicted octanol–water partition coefficient (Wildman–Crippen LogP) is -0.0454. The van der Waals surface area contributed by atoms with Crippen LogP contribution in [0.5, 0.6) is 0 Å². The fourth-order valence-corrected chi connectivity index (χ4v) is 2.85. The minimum Gasteiger partial charge on any atom is -0.393 e. The van der Waals surface area contributed by atoms with Crippen LogP contribution in [0, 0.1) is 11.8 Å². The lowest BCUT2D eigenvalue weighted by molar-refractivity contribution is -0.130. The first-order chi connectivity index (χ1) is 7.22. The van der Waals surface area contributed by atoms with Gasteiger partial charge in [0, 0.05) is 25.4 Å². The fourth-order valence-electron chi connectivity index (χ4n) is 2.85. The molecule has 3 atom stereocenters. The molecule has 0 aromatic rings. The third kappa shape index (κ3) is 2.16. The number of fused-ring (bicyclic) bond motifs is 1. The van der Waals surface area contributed by atoms with Gasteiger partial charge in [0.1, 0.15) is 0 Å². The minimum absolute atomic E-state index is 0.178. The van der Waals surface area contributed by atoms with E-state index in [1.54, 1.807) is 0 Å². The van der Waals surface area contributed by atoms with Crippen molar-refractivity contribution in [2.45, 2.75) is 31.8 Å². The van der Waals surface area contributed by atoms with Crippen molar-refractivity contribution in [3.8, 4) is 0 Å². The van der Waals surface area contributed by atoms with Gasteiger partial charge in [0.05, 0.1) is 6.10 Å². The van der Waals surface area contributed by atoms with E-state index in [1.165, 1.54) is 0 Å². The van der Waals surface area contributed by atoms with Crippen LogP contribution < -0.4 is 5.73 Å². The number of hydrogen-bond donors (Lipinski definition) is 2. The Labute approximate surface area is 90.4 Å². The van der Waals surface area contributed by atoms with Gasteiger partial charge in [-0.15, -0.1) is 0 Å². The highest BCUT2D eigenvalue weighted by molar-refractivity contribution is 5.76. The molecule has 1 aliphatic carbocycles. The maximum atomic E-state index is 11.7. The van der Waals surface area contributed by atoms with E-state index in [0.29, 0.717) is 24.8 Å². The first kappa shape index (κ1) is 10.9. The summed E-state index contributed by atoms with van der Waals surface area (Å²) in [5.74, 6) is 1.09. The van der Waals surface area contributed by atoms with E-state index in [-0.39, 0.29) is 12.0 Å². The van der Waals surface area contributed by atoms with Crippen molar-refractivity contribution in [2.75, 3.05) is 19.6 Å². The summed E-state index contributed by atoms with van der Waals surface area (Å²) in [7, 11) is 0. The van der Waals surface area contributed by atoms with Crippen LogP contribution in [0.15, 0.2) is 0 Å². The Bertz CT molecular complexity index is 245. The Morgan fingerprint density at radius 2 is 2.20 bits per heavy atom. The Hall–Kier alpha value is -0.610. The quantitative estimate of drug-likeness (QED) is 0.689. The number of nitrogens with zero attached hydrogens (tertiary/aromatic N) is 1. The van der Waals surface area contributed by atoms with Crippen molar-refractivity contribution in [2.24, 2.45) is 17.6 Å². The lowest BCUT2D eigenvalue weighted by Gasteiger charge is -2.18. The number of carbonyl (C=O) groups is 1. The molecule has 4 heteroatoms. The zero-order valence-corrected chi connectivity index (χ0v) is 9.06. The van der Waals surface area contributed by atoms with Crippen LogP contribution in [0.2, 0.25) is 0 Å². The van der Waals surface area contributed by atoms with Crippen LogP contribution in [-0.4, -0.2) is 41.7 Å². The monoisotopic (exact) mass is 212 g/mol. The molecule has 86 valence electrons. The molecule has 1 heterocycles. The molecule has 1 saturated heterocycles. The molecule has 0 aromatic heterocycles. The average molecular weight is 212 g/mol. The van der Waals surface area contributed by atoms with E-state index >= 15 is 0 Å². The molecule has 15 heavy (non-hydrogen) atoms. The van der Waals surface area contributed by atoms with Gasteiger partial charge in [0.15, 0.2) is 0 Å². The number of rotatable bonds is 3.